The standard InChI is InChI=1S/C20H21N3O/c1-2-23-20(17-8-9-17)21-19(22-23)16-10-12-18(13-11-16)24-14-15-6-4-3-5-7-15/h3-7,10-13,17H,2,8-9,14H2,1H3. The van der Waals surface area contributed by atoms with Gasteiger partial charge in [0.25, 0.3) is 0 Å². The number of hydrogen-bond donors (Lipinski definition) is 0. The first-order chi connectivity index (χ1) is 11.8. The lowest BCUT2D eigenvalue weighted by molar-refractivity contribution is 0.306. The van der Waals surface area contributed by atoms with E-state index in [9.17, 15) is 0 Å². The second-order valence-electron chi connectivity index (χ2n) is 6.18. The van der Waals surface area contributed by atoms with E-state index in [1.54, 1.807) is 0 Å². The van der Waals surface area contributed by atoms with Gasteiger partial charge in [0.05, 0.1) is 0 Å². The van der Waals surface area contributed by atoms with E-state index in [2.05, 4.69) is 24.2 Å². The number of aromatic nitrogens is 3. The predicted molar refractivity (Wildman–Crippen MR) is 93.9 cm³/mol. The summed E-state index contributed by atoms with van der Waals surface area (Å²) in [6, 6.07) is 18.2. The number of aryl methyl sites for hydroxylation is 1. The Morgan fingerprint density at radius 1 is 1.04 bits per heavy atom. The molecule has 0 unspecified atom stereocenters. The van der Waals surface area contributed by atoms with Crippen LogP contribution < -0.4 is 4.74 Å². The summed E-state index contributed by atoms with van der Waals surface area (Å²) >= 11 is 0. The Hall–Kier alpha value is -2.62. The van der Waals surface area contributed by atoms with E-state index in [1.165, 1.54) is 18.4 Å². The van der Waals surface area contributed by atoms with Crippen LogP contribution in [0.3, 0.4) is 0 Å². The molecule has 1 fully saturated rings. The first kappa shape index (κ1) is 14.9. The minimum atomic E-state index is 0.578. The maximum absolute atomic E-state index is 5.84. The van der Waals surface area contributed by atoms with E-state index < -0.39 is 0 Å². The van der Waals surface area contributed by atoms with Gasteiger partial charge in [0.2, 0.25) is 0 Å². The van der Waals surface area contributed by atoms with E-state index in [0.29, 0.717) is 12.5 Å². The van der Waals surface area contributed by atoms with Crippen LogP contribution in [0.4, 0.5) is 0 Å². The van der Waals surface area contributed by atoms with Crippen molar-refractivity contribution in [3.63, 3.8) is 0 Å². The number of hydrogen-bond acceptors (Lipinski definition) is 3. The molecule has 2 aromatic carbocycles. The lowest BCUT2D eigenvalue weighted by Crippen LogP contribution is -2.01. The molecule has 24 heavy (non-hydrogen) atoms. The third-order valence-electron chi connectivity index (χ3n) is 4.30. The summed E-state index contributed by atoms with van der Waals surface area (Å²) in [4.78, 5) is 4.75. The number of nitrogens with zero attached hydrogens (tertiary/aromatic N) is 3. The highest BCUT2D eigenvalue weighted by Crippen LogP contribution is 2.39. The van der Waals surface area contributed by atoms with Gasteiger partial charge in [-0.1, -0.05) is 30.3 Å². The van der Waals surface area contributed by atoms with Crippen molar-refractivity contribution in [2.45, 2.75) is 38.8 Å². The topological polar surface area (TPSA) is 39.9 Å². The van der Waals surface area contributed by atoms with Gasteiger partial charge in [0.1, 0.15) is 18.2 Å². The Bertz CT molecular complexity index is 805. The van der Waals surface area contributed by atoms with E-state index in [1.807, 2.05) is 47.1 Å². The van der Waals surface area contributed by atoms with E-state index in [0.717, 1.165) is 29.5 Å². The monoisotopic (exact) mass is 319 g/mol. The molecule has 0 bridgehead atoms. The van der Waals surface area contributed by atoms with Crippen LogP contribution in [0.25, 0.3) is 11.4 Å². The van der Waals surface area contributed by atoms with Gasteiger partial charge in [-0.3, -0.25) is 0 Å². The maximum Gasteiger partial charge on any atom is 0.181 e. The minimum absolute atomic E-state index is 0.578. The molecule has 4 heteroatoms. The number of rotatable bonds is 6. The molecule has 0 N–H and O–H groups in total. The van der Waals surface area contributed by atoms with Crippen LogP contribution >= 0.6 is 0 Å². The van der Waals surface area contributed by atoms with Crippen molar-refractivity contribution in [2.24, 2.45) is 0 Å². The highest BCUT2D eigenvalue weighted by molar-refractivity contribution is 5.56. The minimum Gasteiger partial charge on any atom is -0.489 e. The Morgan fingerprint density at radius 2 is 1.79 bits per heavy atom. The van der Waals surface area contributed by atoms with E-state index in [-0.39, 0.29) is 0 Å². The summed E-state index contributed by atoms with van der Waals surface area (Å²) in [6.45, 7) is 3.57. The SMILES string of the molecule is CCn1nc(-c2ccc(OCc3ccccc3)cc2)nc1C1CC1. The quantitative estimate of drug-likeness (QED) is 0.675. The smallest absolute Gasteiger partial charge is 0.181 e. The second-order valence-corrected chi connectivity index (χ2v) is 6.18. The Morgan fingerprint density at radius 3 is 2.46 bits per heavy atom. The lowest BCUT2D eigenvalue weighted by atomic mass is 10.2. The molecule has 1 saturated carbocycles. The normalized spacial score (nSPS) is 13.9. The maximum atomic E-state index is 5.84. The molecule has 4 rings (SSSR count). The zero-order chi connectivity index (χ0) is 16.4. The molecule has 0 atom stereocenters. The molecule has 4 nitrogen and oxygen atoms in total. The van der Waals surface area contributed by atoms with Crippen LogP contribution in [0, 0.1) is 0 Å². The fourth-order valence-corrected chi connectivity index (χ4v) is 2.79. The van der Waals surface area contributed by atoms with Crippen molar-refractivity contribution in [1.82, 2.24) is 14.8 Å². The highest BCUT2D eigenvalue weighted by atomic mass is 16.5. The average Bonchev–Trinajstić information content (AvgIpc) is 3.40. The molecule has 0 saturated heterocycles. The van der Waals surface area contributed by atoms with Gasteiger partial charge in [0.15, 0.2) is 5.82 Å². The van der Waals surface area contributed by atoms with Crippen LogP contribution in [-0.2, 0) is 13.2 Å². The Kier molecular flexibility index (Phi) is 4.03. The van der Waals surface area contributed by atoms with Gasteiger partial charge in [-0.05, 0) is 49.6 Å². The van der Waals surface area contributed by atoms with Crippen LogP contribution in [0.5, 0.6) is 5.75 Å². The average molecular weight is 319 g/mol. The fourth-order valence-electron chi connectivity index (χ4n) is 2.79. The molecular formula is C20H21N3O. The summed E-state index contributed by atoms with van der Waals surface area (Å²) in [5.41, 5.74) is 2.20. The zero-order valence-corrected chi connectivity index (χ0v) is 13.9. The van der Waals surface area contributed by atoms with Crippen molar-refractivity contribution in [1.29, 1.82) is 0 Å². The summed E-state index contributed by atoms with van der Waals surface area (Å²) in [5.74, 6) is 3.42. The van der Waals surface area contributed by atoms with Crippen molar-refractivity contribution in [2.75, 3.05) is 0 Å². The Balaban J connectivity index is 1.47. The summed E-state index contributed by atoms with van der Waals surface area (Å²) in [7, 11) is 0. The highest BCUT2D eigenvalue weighted by Gasteiger charge is 2.29. The van der Waals surface area contributed by atoms with Crippen LogP contribution in [0.15, 0.2) is 54.6 Å². The number of benzene rings is 2. The molecule has 0 aliphatic heterocycles. The van der Waals surface area contributed by atoms with Crippen LogP contribution in [0.2, 0.25) is 0 Å². The molecule has 0 amide bonds. The molecule has 1 heterocycles. The van der Waals surface area contributed by atoms with Gasteiger partial charge >= 0.3 is 0 Å². The second kappa shape index (κ2) is 6.48. The fraction of sp³-hybridized carbons (Fsp3) is 0.300. The van der Waals surface area contributed by atoms with Crippen LogP contribution in [0.1, 0.15) is 37.1 Å². The van der Waals surface area contributed by atoms with Crippen molar-refractivity contribution in [3.8, 4) is 17.1 Å². The molecule has 1 aliphatic carbocycles. The molecule has 0 spiro atoms. The summed E-state index contributed by atoms with van der Waals surface area (Å²) < 4.78 is 7.87. The van der Waals surface area contributed by atoms with Crippen molar-refractivity contribution >= 4 is 0 Å². The largest absolute Gasteiger partial charge is 0.489 e. The predicted octanol–water partition coefficient (Wildman–Crippen LogP) is 4.42. The summed E-state index contributed by atoms with van der Waals surface area (Å²) in [5, 5.41) is 4.65. The lowest BCUT2D eigenvalue weighted by Gasteiger charge is -2.06. The molecular weight excluding hydrogens is 298 g/mol. The Labute approximate surface area is 142 Å². The first-order valence-electron chi connectivity index (χ1n) is 8.55. The van der Waals surface area contributed by atoms with Gasteiger partial charge in [-0.25, -0.2) is 9.67 Å². The van der Waals surface area contributed by atoms with E-state index >= 15 is 0 Å². The molecule has 122 valence electrons. The first-order valence-corrected chi connectivity index (χ1v) is 8.55. The van der Waals surface area contributed by atoms with Gasteiger partial charge < -0.3 is 4.74 Å². The van der Waals surface area contributed by atoms with Crippen LogP contribution in [-0.4, -0.2) is 14.8 Å². The molecule has 3 aromatic rings. The zero-order valence-electron chi connectivity index (χ0n) is 13.9. The number of ether oxygens (including phenoxy) is 1. The molecule has 0 radical (unpaired) electrons. The third-order valence-corrected chi connectivity index (χ3v) is 4.30. The van der Waals surface area contributed by atoms with Crippen molar-refractivity contribution < 1.29 is 4.74 Å². The van der Waals surface area contributed by atoms with Gasteiger partial charge in [-0.2, -0.15) is 5.10 Å². The summed E-state index contributed by atoms with van der Waals surface area (Å²) in [6.07, 6.45) is 2.48. The van der Waals surface area contributed by atoms with Gasteiger partial charge in [-0.15, -0.1) is 0 Å². The van der Waals surface area contributed by atoms with E-state index in [4.69, 9.17) is 9.72 Å². The molecule has 1 aliphatic rings. The molecule has 1 aromatic heterocycles. The third kappa shape index (κ3) is 3.18. The van der Waals surface area contributed by atoms with Gasteiger partial charge in [0, 0.05) is 18.0 Å². The van der Waals surface area contributed by atoms with Crippen molar-refractivity contribution in [3.05, 3.63) is 66.0 Å².